The van der Waals surface area contributed by atoms with Crippen LogP contribution in [0.25, 0.3) is 10.8 Å². The molecule has 0 atom stereocenters. The zero-order chi connectivity index (χ0) is 13.1. The third kappa shape index (κ3) is 2.87. The maximum Gasteiger partial charge on any atom is 0.119 e. The molecule has 0 saturated carbocycles. The van der Waals surface area contributed by atoms with Crippen LogP contribution in [0.15, 0.2) is 48.1 Å². The van der Waals surface area contributed by atoms with Gasteiger partial charge in [-0.3, -0.25) is 0 Å². The fraction of sp³-hybridized carbons (Fsp3) is 0.375. The topological polar surface area (TPSA) is 17.0 Å². The predicted molar refractivity (Wildman–Crippen MR) is 76.8 cm³/mol. The minimum absolute atomic E-state index is 0.0454. The lowest BCUT2D eigenvalue weighted by molar-refractivity contribution is 0.535. The number of allylic oxidation sites excluding steroid dienone is 1. The van der Waals surface area contributed by atoms with Crippen LogP contribution < -0.4 is 5.32 Å². The van der Waals surface area contributed by atoms with Crippen molar-refractivity contribution in [1.29, 1.82) is 0 Å². The molecule has 19 heavy (non-hydrogen) atoms. The van der Waals surface area contributed by atoms with E-state index in [1.165, 1.54) is 10.8 Å². The van der Waals surface area contributed by atoms with Crippen molar-refractivity contribution in [2.24, 2.45) is 0 Å². The number of rotatable bonds is 2. The SMILES string of the molecule is FC(Cn1cc2ccccc2c1)=C1CCCNCC1. The number of aromatic nitrogens is 1. The first kappa shape index (κ1) is 12.4. The summed E-state index contributed by atoms with van der Waals surface area (Å²) < 4.78 is 16.3. The monoisotopic (exact) mass is 258 g/mol. The van der Waals surface area contributed by atoms with Crippen molar-refractivity contribution in [3.8, 4) is 0 Å². The summed E-state index contributed by atoms with van der Waals surface area (Å²) in [5.74, 6) is 0.0454. The molecule has 1 aromatic carbocycles. The van der Waals surface area contributed by atoms with Gasteiger partial charge >= 0.3 is 0 Å². The second-order valence-electron chi connectivity index (χ2n) is 5.17. The molecule has 0 amide bonds. The summed E-state index contributed by atoms with van der Waals surface area (Å²) in [6.07, 6.45) is 6.80. The Morgan fingerprint density at radius 2 is 1.84 bits per heavy atom. The van der Waals surface area contributed by atoms with E-state index in [9.17, 15) is 4.39 Å². The van der Waals surface area contributed by atoms with Gasteiger partial charge in [0.05, 0.1) is 6.54 Å². The quantitative estimate of drug-likeness (QED) is 0.870. The Morgan fingerprint density at radius 1 is 1.11 bits per heavy atom. The van der Waals surface area contributed by atoms with Gasteiger partial charge in [0.1, 0.15) is 5.83 Å². The van der Waals surface area contributed by atoms with E-state index in [1.807, 2.05) is 29.1 Å². The lowest BCUT2D eigenvalue weighted by Gasteiger charge is -2.07. The van der Waals surface area contributed by atoms with Gasteiger partial charge in [-0.1, -0.05) is 24.3 Å². The average molecular weight is 258 g/mol. The Kier molecular flexibility index (Phi) is 3.65. The number of nitrogens with zero attached hydrogens (tertiary/aromatic N) is 1. The highest BCUT2D eigenvalue weighted by Crippen LogP contribution is 2.21. The molecule has 2 nitrogen and oxygen atoms in total. The molecule has 3 heteroatoms. The van der Waals surface area contributed by atoms with Gasteiger partial charge in [-0.2, -0.15) is 0 Å². The molecular formula is C16H19FN2. The predicted octanol–water partition coefficient (Wildman–Crippen LogP) is 3.64. The molecule has 0 bridgehead atoms. The summed E-state index contributed by atoms with van der Waals surface area (Å²) in [6, 6.07) is 8.15. The maximum atomic E-state index is 14.3. The van der Waals surface area contributed by atoms with Crippen LogP contribution >= 0.6 is 0 Å². The standard InChI is InChI=1S/C16H19FN2/c17-16(13-6-3-8-18-9-7-13)12-19-10-14-4-1-2-5-15(14)11-19/h1-2,4-5,10-11,18H,3,6-9,12H2. The molecule has 3 rings (SSSR count). The van der Waals surface area contributed by atoms with Crippen molar-refractivity contribution >= 4 is 10.8 Å². The van der Waals surface area contributed by atoms with Gasteiger partial charge in [0, 0.05) is 12.4 Å². The van der Waals surface area contributed by atoms with E-state index in [0.29, 0.717) is 6.54 Å². The molecule has 0 spiro atoms. The molecule has 1 N–H and O–H groups in total. The molecule has 1 aliphatic rings. The number of benzene rings is 1. The van der Waals surface area contributed by atoms with Crippen LogP contribution in [-0.4, -0.2) is 17.7 Å². The molecule has 2 heterocycles. The molecule has 1 aliphatic heterocycles. The second-order valence-corrected chi connectivity index (χ2v) is 5.17. The van der Waals surface area contributed by atoms with Crippen molar-refractivity contribution in [3.05, 3.63) is 48.1 Å². The molecule has 2 aromatic rings. The number of hydrogen-bond acceptors (Lipinski definition) is 1. The van der Waals surface area contributed by atoms with Crippen LogP contribution in [0.3, 0.4) is 0 Å². The van der Waals surface area contributed by atoms with Crippen LogP contribution in [0.4, 0.5) is 4.39 Å². The summed E-state index contributed by atoms with van der Waals surface area (Å²) in [6.45, 7) is 2.27. The van der Waals surface area contributed by atoms with Gasteiger partial charge in [-0.25, -0.2) is 4.39 Å². The summed E-state index contributed by atoms with van der Waals surface area (Å²) in [5.41, 5.74) is 0.989. The van der Waals surface area contributed by atoms with Crippen LogP contribution in [0.1, 0.15) is 19.3 Å². The highest BCUT2D eigenvalue weighted by atomic mass is 19.1. The van der Waals surface area contributed by atoms with Crippen molar-refractivity contribution in [3.63, 3.8) is 0 Å². The van der Waals surface area contributed by atoms with Crippen molar-refractivity contribution in [2.45, 2.75) is 25.8 Å². The van der Waals surface area contributed by atoms with Gasteiger partial charge in [0.25, 0.3) is 0 Å². The molecule has 1 fully saturated rings. The van der Waals surface area contributed by atoms with Gasteiger partial charge in [-0.15, -0.1) is 0 Å². The molecule has 1 saturated heterocycles. The highest BCUT2D eigenvalue weighted by molar-refractivity contribution is 5.82. The molecule has 1 aromatic heterocycles. The van der Waals surface area contributed by atoms with Crippen molar-refractivity contribution in [2.75, 3.05) is 13.1 Å². The van der Waals surface area contributed by atoms with Crippen LogP contribution in [-0.2, 0) is 6.54 Å². The first-order valence-corrected chi connectivity index (χ1v) is 6.94. The Morgan fingerprint density at radius 3 is 2.58 bits per heavy atom. The lowest BCUT2D eigenvalue weighted by atomic mass is 10.1. The first-order valence-electron chi connectivity index (χ1n) is 6.94. The fourth-order valence-corrected chi connectivity index (χ4v) is 2.69. The highest BCUT2D eigenvalue weighted by Gasteiger charge is 2.10. The first-order chi connectivity index (χ1) is 9.33. The minimum Gasteiger partial charge on any atom is -0.346 e. The average Bonchev–Trinajstić information content (AvgIpc) is 2.63. The minimum atomic E-state index is 0.0454. The number of hydrogen-bond donors (Lipinski definition) is 1. The van der Waals surface area contributed by atoms with Crippen LogP contribution in [0, 0.1) is 0 Å². The molecule has 0 radical (unpaired) electrons. The van der Waals surface area contributed by atoms with Crippen LogP contribution in [0.2, 0.25) is 0 Å². The lowest BCUT2D eigenvalue weighted by Crippen LogP contribution is -2.13. The maximum absolute atomic E-state index is 14.3. The number of halogens is 1. The fourth-order valence-electron chi connectivity index (χ4n) is 2.69. The van der Waals surface area contributed by atoms with Gasteiger partial charge in [0.2, 0.25) is 0 Å². The Labute approximate surface area is 112 Å². The zero-order valence-electron chi connectivity index (χ0n) is 11.0. The summed E-state index contributed by atoms with van der Waals surface area (Å²) in [7, 11) is 0. The molecule has 100 valence electrons. The van der Waals surface area contributed by atoms with E-state index >= 15 is 0 Å². The molecule has 0 unspecified atom stereocenters. The van der Waals surface area contributed by atoms with Crippen LogP contribution in [0.5, 0.6) is 0 Å². The van der Waals surface area contributed by atoms with E-state index in [1.54, 1.807) is 0 Å². The zero-order valence-corrected chi connectivity index (χ0v) is 11.0. The largest absolute Gasteiger partial charge is 0.346 e. The summed E-state index contributed by atoms with van der Waals surface area (Å²) >= 11 is 0. The van der Waals surface area contributed by atoms with E-state index < -0.39 is 0 Å². The van der Waals surface area contributed by atoms with E-state index in [4.69, 9.17) is 0 Å². The van der Waals surface area contributed by atoms with Gasteiger partial charge in [0.15, 0.2) is 0 Å². The third-order valence-electron chi connectivity index (χ3n) is 3.75. The van der Waals surface area contributed by atoms with Crippen molar-refractivity contribution in [1.82, 2.24) is 9.88 Å². The third-order valence-corrected chi connectivity index (χ3v) is 3.75. The van der Waals surface area contributed by atoms with Crippen molar-refractivity contribution < 1.29 is 4.39 Å². The van der Waals surface area contributed by atoms with Gasteiger partial charge in [-0.05, 0) is 48.7 Å². The summed E-state index contributed by atoms with van der Waals surface area (Å²) in [5, 5.41) is 5.65. The Bertz CT molecular complexity index is 555. The molecule has 0 aliphatic carbocycles. The van der Waals surface area contributed by atoms with E-state index in [2.05, 4.69) is 17.4 Å². The van der Waals surface area contributed by atoms with E-state index in [-0.39, 0.29) is 5.83 Å². The number of nitrogens with one attached hydrogen (secondary N) is 1. The van der Waals surface area contributed by atoms with E-state index in [0.717, 1.165) is 37.9 Å². The smallest absolute Gasteiger partial charge is 0.119 e. The number of fused-ring (bicyclic) bond motifs is 1. The normalized spacial score (nSPS) is 19.4. The van der Waals surface area contributed by atoms with Gasteiger partial charge < -0.3 is 9.88 Å². The Hall–Kier alpha value is -1.61. The molecular weight excluding hydrogens is 239 g/mol. The summed E-state index contributed by atoms with van der Waals surface area (Å²) in [4.78, 5) is 0. The second kappa shape index (κ2) is 5.57. The Balaban J connectivity index is 1.81.